The van der Waals surface area contributed by atoms with Gasteiger partial charge in [0.25, 0.3) is 0 Å². The van der Waals surface area contributed by atoms with Crippen LogP contribution in [-0.2, 0) is 12.8 Å². The Morgan fingerprint density at radius 2 is 2.27 bits per heavy atom. The lowest BCUT2D eigenvalue weighted by Crippen LogP contribution is -2.43. The number of thiazole rings is 1. The normalized spacial score (nSPS) is 21.1. The maximum Gasteiger partial charge on any atom is 0.317 e. The van der Waals surface area contributed by atoms with Crippen LogP contribution in [0, 0.1) is 6.92 Å². The van der Waals surface area contributed by atoms with E-state index in [4.69, 9.17) is 0 Å². The molecule has 0 aromatic carbocycles. The number of carbonyl (C=O) groups is 1. The summed E-state index contributed by atoms with van der Waals surface area (Å²) in [4.78, 5) is 20.0. The number of hydrogen-bond donors (Lipinski definition) is 1. The van der Waals surface area contributed by atoms with Gasteiger partial charge in [0.15, 0.2) is 0 Å². The van der Waals surface area contributed by atoms with Crippen molar-refractivity contribution < 1.29 is 4.79 Å². The van der Waals surface area contributed by atoms with E-state index in [1.807, 2.05) is 23.7 Å². The lowest BCUT2D eigenvalue weighted by Gasteiger charge is -2.24. The van der Waals surface area contributed by atoms with Gasteiger partial charge >= 0.3 is 6.03 Å². The maximum absolute atomic E-state index is 12.2. The van der Waals surface area contributed by atoms with Gasteiger partial charge in [0, 0.05) is 36.2 Å². The fraction of sp³-hybridized carbons (Fsp3) is 0.750. The molecule has 1 N–H and O–H groups in total. The number of nitrogens with zero attached hydrogens (tertiary/aromatic N) is 2. The largest absolute Gasteiger partial charge is 0.338 e. The van der Waals surface area contributed by atoms with Gasteiger partial charge in [0.2, 0.25) is 0 Å². The molecule has 1 fully saturated rings. The second-order valence-electron chi connectivity index (χ2n) is 5.88. The van der Waals surface area contributed by atoms with Crippen LogP contribution in [0.15, 0.2) is 0 Å². The third-order valence-electron chi connectivity index (χ3n) is 4.45. The molecule has 6 heteroatoms. The van der Waals surface area contributed by atoms with Crippen molar-refractivity contribution in [2.45, 2.75) is 57.2 Å². The summed E-state index contributed by atoms with van der Waals surface area (Å²) in [5.41, 5.74) is 1.19. The summed E-state index contributed by atoms with van der Waals surface area (Å²) in [6, 6.07) is 0.446. The van der Waals surface area contributed by atoms with Crippen molar-refractivity contribution in [1.29, 1.82) is 0 Å². The first-order valence-corrected chi connectivity index (χ1v) is 10.1. The van der Waals surface area contributed by atoms with E-state index < -0.39 is 0 Å². The van der Waals surface area contributed by atoms with E-state index in [9.17, 15) is 4.79 Å². The molecule has 1 saturated carbocycles. The highest BCUT2D eigenvalue weighted by Crippen LogP contribution is 2.30. The Morgan fingerprint density at radius 1 is 1.50 bits per heavy atom. The molecule has 0 spiro atoms. The molecule has 2 amide bonds. The molecular formula is C16H27N3OS2. The molecular weight excluding hydrogens is 314 g/mol. The predicted molar refractivity (Wildman–Crippen MR) is 96.0 cm³/mol. The zero-order valence-corrected chi connectivity index (χ0v) is 15.6. The maximum atomic E-state index is 12.2. The van der Waals surface area contributed by atoms with Gasteiger partial charge in [-0.25, -0.2) is 9.78 Å². The minimum atomic E-state index is 0.0516. The predicted octanol–water partition coefficient (Wildman–Crippen LogP) is 3.48. The van der Waals surface area contributed by atoms with Crippen molar-refractivity contribution in [3.05, 3.63) is 15.6 Å². The molecule has 0 bridgehead atoms. The molecule has 22 heavy (non-hydrogen) atoms. The third-order valence-corrected chi connectivity index (χ3v) is 6.61. The molecule has 2 rings (SSSR count). The summed E-state index contributed by atoms with van der Waals surface area (Å²) in [5.74, 6) is 0. The average molecular weight is 342 g/mol. The van der Waals surface area contributed by atoms with Crippen LogP contribution in [0.4, 0.5) is 4.79 Å². The number of carbonyl (C=O) groups excluding carboxylic acids is 1. The quantitative estimate of drug-likeness (QED) is 0.861. The van der Waals surface area contributed by atoms with Crippen LogP contribution in [0.2, 0.25) is 0 Å². The van der Waals surface area contributed by atoms with Gasteiger partial charge in [-0.05, 0) is 38.9 Å². The van der Waals surface area contributed by atoms with E-state index >= 15 is 0 Å². The van der Waals surface area contributed by atoms with Crippen molar-refractivity contribution >= 4 is 29.1 Å². The number of aromatic nitrogens is 1. The Kier molecular flexibility index (Phi) is 6.56. The highest BCUT2D eigenvalue weighted by molar-refractivity contribution is 7.99. The molecule has 1 aromatic heterocycles. The molecule has 4 nitrogen and oxygen atoms in total. The number of nitrogens with one attached hydrogen (secondary N) is 1. The fourth-order valence-electron chi connectivity index (χ4n) is 2.97. The Morgan fingerprint density at radius 3 is 2.86 bits per heavy atom. The highest BCUT2D eigenvalue weighted by Gasteiger charge is 2.29. The van der Waals surface area contributed by atoms with Gasteiger partial charge in [0.05, 0.1) is 10.7 Å². The van der Waals surface area contributed by atoms with Crippen molar-refractivity contribution in [3.8, 4) is 0 Å². The molecule has 0 radical (unpaired) electrons. The van der Waals surface area contributed by atoms with Crippen molar-refractivity contribution in [2.24, 2.45) is 0 Å². The van der Waals surface area contributed by atoms with E-state index in [1.165, 1.54) is 17.0 Å². The van der Waals surface area contributed by atoms with Crippen molar-refractivity contribution in [1.82, 2.24) is 15.2 Å². The van der Waals surface area contributed by atoms with E-state index in [1.54, 1.807) is 11.3 Å². The summed E-state index contributed by atoms with van der Waals surface area (Å²) in [6.07, 6.45) is 7.44. The molecule has 1 heterocycles. The molecule has 0 saturated heterocycles. The van der Waals surface area contributed by atoms with Gasteiger partial charge in [-0.15, -0.1) is 11.3 Å². The first-order valence-electron chi connectivity index (χ1n) is 8.03. The number of rotatable bonds is 6. The summed E-state index contributed by atoms with van der Waals surface area (Å²) in [7, 11) is 1.92. The van der Waals surface area contributed by atoms with Crippen molar-refractivity contribution in [3.63, 3.8) is 0 Å². The highest BCUT2D eigenvalue weighted by atomic mass is 32.2. The second kappa shape index (κ2) is 8.20. The number of amides is 2. The smallest absolute Gasteiger partial charge is 0.317 e. The first kappa shape index (κ1) is 17.6. The molecule has 1 aliphatic carbocycles. The van der Waals surface area contributed by atoms with Crippen LogP contribution in [0.5, 0.6) is 0 Å². The summed E-state index contributed by atoms with van der Waals surface area (Å²) in [6.45, 7) is 4.92. The zero-order valence-electron chi connectivity index (χ0n) is 14.0. The van der Waals surface area contributed by atoms with Crippen LogP contribution < -0.4 is 5.32 Å². The summed E-state index contributed by atoms with van der Waals surface area (Å²) >= 11 is 3.67. The minimum absolute atomic E-state index is 0.0516. The summed E-state index contributed by atoms with van der Waals surface area (Å²) < 4.78 is 0. The van der Waals surface area contributed by atoms with E-state index in [0.717, 1.165) is 30.7 Å². The lowest BCUT2D eigenvalue weighted by atomic mass is 10.2. The molecule has 2 atom stereocenters. The van der Waals surface area contributed by atoms with E-state index in [2.05, 4.69) is 30.4 Å². The number of hydrogen-bond acceptors (Lipinski definition) is 4. The van der Waals surface area contributed by atoms with Gasteiger partial charge in [-0.3, -0.25) is 0 Å². The fourth-order valence-corrected chi connectivity index (χ4v) is 4.78. The monoisotopic (exact) mass is 341 g/mol. The first-order chi connectivity index (χ1) is 10.5. The van der Waals surface area contributed by atoms with Crippen LogP contribution >= 0.6 is 23.1 Å². The zero-order chi connectivity index (χ0) is 16.1. The van der Waals surface area contributed by atoms with Gasteiger partial charge in [-0.2, -0.15) is 11.8 Å². The average Bonchev–Trinajstić information content (AvgIpc) is 3.12. The lowest BCUT2D eigenvalue weighted by molar-refractivity contribution is 0.191. The van der Waals surface area contributed by atoms with Crippen LogP contribution in [0.25, 0.3) is 0 Å². The number of thioether (sulfide) groups is 1. The number of urea groups is 1. The molecule has 1 aromatic rings. The van der Waals surface area contributed by atoms with Gasteiger partial charge in [0.1, 0.15) is 0 Å². The number of aryl methyl sites for hydroxylation is 2. The van der Waals surface area contributed by atoms with Gasteiger partial charge in [-0.1, -0.05) is 6.92 Å². The van der Waals surface area contributed by atoms with Crippen LogP contribution in [0.3, 0.4) is 0 Å². The Balaban J connectivity index is 1.75. The van der Waals surface area contributed by atoms with Gasteiger partial charge < -0.3 is 10.2 Å². The second-order valence-corrected chi connectivity index (χ2v) is 8.31. The van der Waals surface area contributed by atoms with E-state index in [0.29, 0.717) is 17.8 Å². The Hall–Kier alpha value is -0.750. The molecule has 2 unspecified atom stereocenters. The van der Waals surface area contributed by atoms with Crippen molar-refractivity contribution in [2.75, 3.05) is 19.8 Å². The van der Waals surface area contributed by atoms with Crippen LogP contribution in [0.1, 0.15) is 41.8 Å². The Labute approximate surface area is 142 Å². The SMILES string of the molecule is CCc1nc(CCNC(=O)N(C)C2CCC(SC)C2)sc1C. The molecule has 0 aliphatic heterocycles. The van der Waals surface area contributed by atoms with Crippen LogP contribution in [-0.4, -0.2) is 47.1 Å². The van der Waals surface area contributed by atoms with E-state index in [-0.39, 0.29) is 6.03 Å². The third kappa shape index (κ3) is 4.38. The standard InChI is InChI=1S/C16H27N3OS2/c1-5-14-11(2)22-15(18-14)8-9-17-16(20)19(3)12-6-7-13(10-12)21-4/h12-13H,5-10H2,1-4H3,(H,17,20). The molecule has 1 aliphatic rings. The summed E-state index contributed by atoms with van der Waals surface area (Å²) in [5, 5.41) is 4.87. The molecule has 124 valence electrons. The topological polar surface area (TPSA) is 45.2 Å². The Bertz CT molecular complexity index is 504. The minimum Gasteiger partial charge on any atom is -0.338 e.